The van der Waals surface area contributed by atoms with E-state index in [1.165, 1.54) is 0 Å². The van der Waals surface area contributed by atoms with E-state index in [-0.39, 0.29) is 11.4 Å². The Morgan fingerprint density at radius 1 is 1.08 bits per heavy atom. The van der Waals surface area contributed by atoms with Gasteiger partial charge in [-0.25, -0.2) is 4.98 Å². The first-order valence-electron chi connectivity index (χ1n) is 8.26. The summed E-state index contributed by atoms with van der Waals surface area (Å²) in [5, 5.41) is 3.02. The maximum Gasteiger partial charge on any atom is 0.220 e. The van der Waals surface area contributed by atoms with E-state index >= 15 is 0 Å². The molecular formula is C20H23N3O. The van der Waals surface area contributed by atoms with Crippen LogP contribution >= 0.6 is 0 Å². The molecule has 1 aromatic carbocycles. The standard InChI is InChI=1S/C20H23N3O/c1-20(2,3)22-18(24)13-12-16-19(15-9-5-4-6-10-15)21-17-11-7-8-14-23(16)17/h4-11,14H,12-13H2,1-3H3,(H,22,24). The summed E-state index contributed by atoms with van der Waals surface area (Å²) < 4.78 is 2.08. The zero-order valence-electron chi connectivity index (χ0n) is 14.4. The molecule has 0 unspecified atom stereocenters. The van der Waals surface area contributed by atoms with Gasteiger partial charge in [0.05, 0.1) is 11.4 Å². The third-order valence-electron chi connectivity index (χ3n) is 3.78. The number of imidazole rings is 1. The molecule has 0 fully saturated rings. The third kappa shape index (κ3) is 3.65. The Balaban J connectivity index is 1.92. The van der Waals surface area contributed by atoms with Crippen molar-refractivity contribution in [2.24, 2.45) is 0 Å². The number of nitrogens with zero attached hydrogens (tertiary/aromatic N) is 2. The van der Waals surface area contributed by atoms with E-state index in [4.69, 9.17) is 4.98 Å². The first-order chi connectivity index (χ1) is 11.4. The molecule has 24 heavy (non-hydrogen) atoms. The summed E-state index contributed by atoms with van der Waals surface area (Å²) in [5.41, 5.74) is 3.79. The van der Waals surface area contributed by atoms with E-state index in [0.717, 1.165) is 22.6 Å². The molecule has 4 nitrogen and oxygen atoms in total. The summed E-state index contributed by atoms with van der Waals surface area (Å²) in [6, 6.07) is 16.1. The fraction of sp³-hybridized carbons (Fsp3) is 0.300. The van der Waals surface area contributed by atoms with Gasteiger partial charge in [0, 0.05) is 23.7 Å². The predicted octanol–water partition coefficient (Wildman–Crippen LogP) is 3.85. The topological polar surface area (TPSA) is 46.4 Å². The number of nitrogens with one attached hydrogen (secondary N) is 1. The Morgan fingerprint density at radius 2 is 1.79 bits per heavy atom. The molecule has 3 aromatic rings. The molecule has 1 N–H and O–H groups in total. The van der Waals surface area contributed by atoms with E-state index < -0.39 is 0 Å². The second kappa shape index (κ2) is 6.48. The number of aromatic nitrogens is 2. The lowest BCUT2D eigenvalue weighted by Crippen LogP contribution is -2.40. The second-order valence-corrected chi connectivity index (χ2v) is 7.00. The molecule has 0 aliphatic carbocycles. The molecule has 0 bridgehead atoms. The maximum absolute atomic E-state index is 12.2. The van der Waals surface area contributed by atoms with Crippen LogP contribution in [-0.4, -0.2) is 20.8 Å². The van der Waals surface area contributed by atoms with Crippen molar-refractivity contribution in [3.05, 3.63) is 60.4 Å². The minimum absolute atomic E-state index is 0.0624. The zero-order chi connectivity index (χ0) is 17.2. The number of amides is 1. The highest BCUT2D eigenvalue weighted by Gasteiger charge is 2.17. The Bertz CT molecular complexity index is 844. The molecule has 0 atom stereocenters. The van der Waals surface area contributed by atoms with Crippen LogP contribution < -0.4 is 5.32 Å². The highest BCUT2D eigenvalue weighted by Crippen LogP contribution is 2.25. The van der Waals surface area contributed by atoms with Crippen LogP contribution in [0.25, 0.3) is 16.9 Å². The van der Waals surface area contributed by atoms with Crippen LogP contribution in [0.4, 0.5) is 0 Å². The van der Waals surface area contributed by atoms with Gasteiger partial charge in [-0.2, -0.15) is 0 Å². The van der Waals surface area contributed by atoms with E-state index in [1.807, 2.05) is 63.4 Å². The molecule has 0 radical (unpaired) electrons. The summed E-state index contributed by atoms with van der Waals surface area (Å²) in [7, 11) is 0. The van der Waals surface area contributed by atoms with E-state index in [2.05, 4.69) is 21.9 Å². The largest absolute Gasteiger partial charge is 0.351 e. The molecule has 0 spiro atoms. The van der Waals surface area contributed by atoms with Gasteiger partial charge in [0.15, 0.2) is 0 Å². The molecule has 2 aromatic heterocycles. The molecule has 4 heteroatoms. The molecule has 0 aliphatic heterocycles. The number of fused-ring (bicyclic) bond motifs is 1. The van der Waals surface area contributed by atoms with Gasteiger partial charge in [-0.15, -0.1) is 0 Å². The molecule has 124 valence electrons. The Kier molecular flexibility index (Phi) is 4.38. The molecule has 0 saturated carbocycles. The predicted molar refractivity (Wildman–Crippen MR) is 96.8 cm³/mol. The summed E-state index contributed by atoms with van der Waals surface area (Å²) >= 11 is 0. The summed E-state index contributed by atoms with van der Waals surface area (Å²) in [6.45, 7) is 5.98. The van der Waals surface area contributed by atoms with Gasteiger partial charge in [0.1, 0.15) is 5.65 Å². The van der Waals surface area contributed by atoms with Gasteiger partial charge < -0.3 is 9.72 Å². The van der Waals surface area contributed by atoms with Gasteiger partial charge in [0.25, 0.3) is 0 Å². The molecule has 1 amide bonds. The Morgan fingerprint density at radius 3 is 2.50 bits per heavy atom. The van der Waals surface area contributed by atoms with E-state index in [9.17, 15) is 4.79 Å². The van der Waals surface area contributed by atoms with Crippen LogP contribution in [-0.2, 0) is 11.2 Å². The van der Waals surface area contributed by atoms with Crippen molar-refractivity contribution < 1.29 is 4.79 Å². The van der Waals surface area contributed by atoms with Gasteiger partial charge in [-0.1, -0.05) is 36.4 Å². The minimum atomic E-state index is -0.209. The lowest BCUT2D eigenvalue weighted by atomic mass is 10.1. The number of hydrogen-bond donors (Lipinski definition) is 1. The molecule has 3 rings (SSSR count). The zero-order valence-corrected chi connectivity index (χ0v) is 14.4. The van der Waals surface area contributed by atoms with Crippen LogP contribution in [0, 0.1) is 0 Å². The average Bonchev–Trinajstić information content (AvgIpc) is 2.91. The summed E-state index contributed by atoms with van der Waals surface area (Å²) in [5.74, 6) is 0.0624. The van der Waals surface area contributed by atoms with Gasteiger partial charge in [0.2, 0.25) is 5.91 Å². The summed E-state index contributed by atoms with van der Waals surface area (Å²) in [6.07, 6.45) is 3.10. The molecule has 0 saturated heterocycles. The highest BCUT2D eigenvalue weighted by atomic mass is 16.1. The smallest absolute Gasteiger partial charge is 0.220 e. The highest BCUT2D eigenvalue weighted by molar-refractivity contribution is 5.77. The van der Waals surface area contributed by atoms with Gasteiger partial charge >= 0.3 is 0 Å². The number of benzene rings is 1. The molecule has 0 aliphatic rings. The number of hydrogen-bond acceptors (Lipinski definition) is 2. The SMILES string of the molecule is CC(C)(C)NC(=O)CCc1c(-c2ccccc2)nc2ccccn12. The lowest BCUT2D eigenvalue weighted by molar-refractivity contribution is -0.122. The molecule has 2 heterocycles. The number of aryl methyl sites for hydroxylation is 1. The van der Waals surface area contributed by atoms with Crippen molar-refractivity contribution in [3.8, 4) is 11.3 Å². The van der Waals surface area contributed by atoms with Crippen molar-refractivity contribution in [2.45, 2.75) is 39.2 Å². The maximum atomic E-state index is 12.2. The van der Waals surface area contributed by atoms with E-state index in [0.29, 0.717) is 12.8 Å². The number of rotatable bonds is 4. The van der Waals surface area contributed by atoms with Crippen LogP contribution in [0.1, 0.15) is 32.9 Å². The van der Waals surface area contributed by atoms with Crippen molar-refractivity contribution in [1.82, 2.24) is 14.7 Å². The lowest BCUT2D eigenvalue weighted by Gasteiger charge is -2.20. The van der Waals surface area contributed by atoms with Crippen LogP contribution in [0.5, 0.6) is 0 Å². The Hall–Kier alpha value is -2.62. The van der Waals surface area contributed by atoms with Crippen LogP contribution in [0.3, 0.4) is 0 Å². The molecular weight excluding hydrogens is 298 g/mol. The van der Waals surface area contributed by atoms with Gasteiger partial charge in [-0.3, -0.25) is 4.79 Å². The number of pyridine rings is 1. The first kappa shape index (κ1) is 16.2. The van der Waals surface area contributed by atoms with Crippen molar-refractivity contribution in [1.29, 1.82) is 0 Å². The van der Waals surface area contributed by atoms with E-state index in [1.54, 1.807) is 0 Å². The number of carbonyl (C=O) groups is 1. The van der Waals surface area contributed by atoms with Crippen molar-refractivity contribution in [2.75, 3.05) is 0 Å². The van der Waals surface area contributed by atoms with Crippen LogP contribution in [0.2, 0.25) is 0 Å². The van der Waals surface area contributed by atoms with Crippen molar-refractivity contribution in [3.63, 3.8) is 0 Å². The summed E-state index contributed by atoms with van der Waals surface area (Å²) in [4.78, 5) is 17.0. The normalized spacial score (nSPS) is 11.6. The second-order valence-electron chi connectivity index (χ2n) is 7.00. The van der Waals surface area contributed by atoms with Crippen LogP contribution in [0.15, 0.2) is 54.7 Å². The quantitative estimate of drug-likeness (QED) is 0.793. The van der Waals surface area contributed by atoms with Crippen molar-refractivity contribution >= 4 is 11.6 Å². The van der Waals surface area contributed by atoms with Gasteiger partial charge in [-0.05, 0) is 39.3 Å². The average molecular weight is 321 g/mol. The monoisotopic (exact) mass is 321 g/mol. The fourth-order valence-electron chi connectivity index (χ4n) is 2.83. The first-order valence-corrected chi connectivity index (χ1v) is 8.26. The fourth-order valence-corrected chi connectivity index (χ4v) is 2.83. The third-order valence-corrected chi connectivity index (χ3v) is 3.78. The number of carbonyl (C=O) groups excluding carboxylic acids is 1. The Labute approximate surface area is 142 Å². The minimum Gasteiger partial charge on any atom is -0.351 e.